The van der Waals surface area contributed by atoms with Crippen molar-refractivity contribution >= 4 is 17.0 Å². The molecule has 0 fully saturated rings. The van der Waals surface area contributed by atoms with E-state index in [0.717, 1.165) is 4.88 Å². The van der Waals surface area contributed by atoms with E-state index in [2.05, 4.69) is 20.4 Å². The molecule has 0 radical (unpaired) electrons. The second-order valence-corrected chi connectivity index (χ2v) is 5.19. The Hall–Kier alpha value is -2.28. The molecule has 1 aromatic carbocycles. The van der Waals surface area contributed by atoms with E-state index < -0.39 is 0 Å². The van der Waals surface area contributed by atoms with Gasteiger partial charge in [0.05, 0.1) is 11.6 Å². The highest BCUT2D eigenvalue weighted by molar-refractivity contribution is 7.09. The third-order valence-electron chi connectivity index (χ3n) is 2.87. The number of thiazole rings is 1. The molecule has 0 saturated carbocycles. The standard InChI is InChI=1S/C13H12FN5S/c1-9(13-5-15-8-20-13)18-10-2-3-12(11(14)4-10)19-7-16-6-17-19/h2-9,18H,1H3. The van der Waals surface area contributed by atoms with E-state index in [9.17, 15) is 4.39 Å². The smallest absolute Gasteiger partial charge is 0.150 e. The zero-order valence-electron chi connectivity index (χ0n) is 10.7. The Kier molecular flexibility index (Phi) is 3.42. The Balaban J connectivity index is 1.81. The van der Waals surface area contributed by atoms with Gasteiger partial charge in [-0.1, -0.05) is 0 Å². The highest BCUT2D eigenvalue weighted by Gasteiger charge is 2.10. The highest BCUT2D eigenvalue weighted by Crippen LogP contribution is 2.24. The van der Waals surface area contributed by atoms with Gasteiger partial charge < -0.3 is 5.32 Å². The van der Waals surface area contributed by atoms with E-state index in [-0.39, 0.29) is 11.9 Å². The third kappa shape index (κ3) is 2.53. The predicted octanol–water partition coefficient (Wildman–Crippen LogP) is 3.04. The lowest BCUT2D eigenvalue weighted by Crippen LogP contribution is -2.06. The largest absolute Gasteiger partial charge is 0.378 e. The molecule has 0 aliphatic heterocycles. The fraction of sp³-hybridized carbons (Fsp3) is 0.154. The van der Waals surface area contributed by atoms with Crippen LogP contribution < -0.4 is 5.32 Å². The van der Waals surface area contributed by atoms with Crippen molar-refractivity contribution in [1.82, 2.24) is 19.7 Å². The molecule has 7 heteroatoms. The minimum atomic E-state index is -0.350. The van der Waals surface area contributed by atoms with Gasteiger partial charge in [0.15, 0.2) is 5.82 Å². The minimum absolute atomic E-state index is 0.0825. The minimum Gasteiger partial charge on any atom is -0.378 e. The molecule has 0 bridgehead atoms. The lowest BCUT2D eigenvalue weighted by Gasteiger charge is -2.14. The lowest BCUT2D eigenvalue weighted by molar-refractivity contribution is 0.611. The summed E-state index contributed by atoms with van der Waals surface area (Å²) in [7, 11) is 0. The van der Waals surface area contributed by atoms with Gasteiger partial charge in [0.25, 0.3) is 0 Å². The second-order valence-electron chi connectivity index (χ2n) is 4.28. The second kappa shape index (κ2) is 5.38. The summed E-state index contributed by atoms with van der Waals surface area (Å²) in [6, 6.07) is 5.02. The number of nitrogens with one attached hydrogen (secondary N) is 1. The van der Waals surface area contributed by atoms with Crippen molar-refractivity contribution in [2.24, 2.45) is 0 Å². The molecule has 0 aliphatic carbocycles. The molecule has 2 heterocycles. The number of nitrogens with zero attached hydrogens (tertiary/aromatic N) is 4. The van der Waals surface area contributed by atoms with Gasteiger partial charge in [-0.3, -0.25) is 4.98 Å². The zero-order valence-corrected chi connectivity index (χ0v) is 11.5. The van der Waals surface area contributed by atoms with Crippen molar-refractivity contribution in [1.29, 1.82) is 0 Å². The summed E-state index contributed by atoms with van der Waals surface area (Å²) in [4.78, 5) is 8.95. The van der Waals surface area contributed by atoms with Crippen molar-refractivity contribution < 1.29 is 4.39 Å². The molecular weight excluding hydrogens is 277 g/mol. The number of benzene rings is 1. The molecule has 1 atom stereocenters. The summed E-state index contributed by atoms with van der Waals surface area (Å²) in [5, 5.41) is 7.16. The van der Waals surface area contributed by atoms with Gasteiger partial charge in [-0.15, -0.1) is 11.3 Å². The van der Waals surface area contributed by atoms with Crippen molar-refractivity contribution in [3.05, 3.63) is 53.3 Å². The number of aromatic nitrogens is 4. The first-order valence-corrected chi connectivity index (χ1v) is 6.91. The van der Waals surface area contributed by atoms with Crippen LogP contribution in [-0.4, -0.2) is 19.7 Å². The first-order chi connectivity index (χ1) is 9.74. The van der Waals surface area contributed by atoms with Crippen LogP contribution in [0.3, 0.4) is 0 Å². The molecule has 5 nitrogen and oxygen atoms in total. The Labute approximate surface area is 119 Å². The molecule has 3 rings (SSSR count). The average molecular weight is 289 g/mol. The van der Waals surface area contributed by atoms with Crippen LogP contribution >= 0.6 is 11.3 Å². The van der Waals surface area contributed by atoms with Crippen LogP contribution in [0.25, 0.3) is 5.69 Å². The fourth-order valence-electron chi connectivity index (χ4n) is 1.88. The SMILES string of the molecule is CC(Nc1ccc(-n2cncn2)c(F)c1)c1cncs1. The Morgan fingerprint density at radius 1 is 1.35 bits per heavy atom. The quantitative estimate of drug-likeness (QED) is 0.802. The molecular formula is C13H12FN5S. The van der Waals surface area contributed by atoms with Gasteiger partial charge in [0.1, 0.15) is 18.3 Å². The van der Waals surface area contributed by atoms with E-state index >= 15 is 0 Å². The third-order valence-corrected chi connectivity index (χ3v) is 3.83. The molecule has 0 saturated heterocycles. The highest BCUT2D eigenvalue weighted by atomic mass is 32.1. The number of halogens is 1. The summed E-state index contributed by atoms with van der Waals surface area (Å²) >= 11 is 1.57. The lowest BCUT2D eigenvalue weighted by atomic mass is 10.2. The fourth-order valence-corrected chi connectivity index (χ4v) is 2.50. The van der Waals surface area contributed by atoms with E-state index in [0.29, 0.717) is 11.4 Å². The van der Waals surface area contributed by atoms with Gasteiger partial charge in [0, 0.05) is 16.8 Å². The number of hydrogen-bond donors (Lipinski definition) is 1. The van der Waals surface area contributed by atoms with E-state index in [1.54, 1.807) is 22.9 Å². The Morgan fingerprint density at radius 3 is 2.90 bits per heavy atom. The van der Waals surface area contributed by atoms with Crippen molar-refractivity contribution in [2.75, 3.05) is 5.32 Å². The zero-order chi connectivity index (χ0) is 13.9. The number of rotatable bonds is 4. The normalized spacial score (nSPS) is 12.3. The monoisotopic (exact) mass is 289 g/mol. The maximum Gasteiger partial charge on any atom is 0.150 e. The molecule has 0 spiro atoms. The summed E-state index contributed by atoms with van der Waals surface area (Å²) in [5.41, 5.74) is 2.87. The van der Waals surface area contributed by atoms with Crippen LogP contribution in [0, 0.1) is 5.82 Å². The Bertz CT molecular complexity index is 681. The number of anilines is 1. The molecule has 20 heavy (non-hydrogen) atoms. The molecule has 2 aromatic heterocycles. The van der Waals surface area contributed by atoms with Gasteiger partial charge >= 0.3 is 0 Å². The maximum atomic E-state index is 14.1. The molecule has 1 unspecified atom stereocenters. The van der Waals surface area contributed by atoms with Gasteiger partial charge in [0.2, 0.25) is 0 Å². The molecule has 0 aliphatic rings. The van der Waals surface area contributed by atoms with E-state index in [1.807, 2.05) is 19.2 Å². The summed E-state index contributed by atoms with van der Waals surface area (Å²) in [5.74, 6) is -0.350. The molecule has 102 valence electrons. The van der Waals surface area contributed by atoms with E-state index in [1.165, 1.54) is 23.4 Å². The van der Waals surface area contributed by atoms with Crippen LogP contribution in [0.1, 0.15) is 17.8 Å². The van der Waals surface area contributed by atoms with E-state index in [4.69, 9.17) is 0 Å². The Morgan fingerprint density at radius 2 is 2.25 bits per heavy atom. The van der Waals surface area contributed by atoms with Crippen LogP contribution in [0.4, 0.5) is 10.1 Å². The molecule has 0 amide bonds. The van der Waals surface area contributed by atoms with Gasteiger partial charge in [-0.2, -0.15) is 5.10 Å². The summed E-state index contributed by atoms with van der Waals surface area (Å²) in [6.45, 7) is 2.01. The molecule has 3 aromatic rings. The topological polar surface area (TPSA) is 55.6 Å². The van der Waals surface area contributed by atoms with Gasteiger partial charge in [-0.05, 0) is 25.1 Å². The van der Waals surface area contributed by atoms with Crippen LogP contribution in [0.2, 0.25) is 0 Å². The number of hydrogen-bond acceptors (Lipinski definition) is 5. The first-order valence-electron chi connectivity index (χ1n) is 6.03. The first kappa shape index (κ1) is 12.7. The summed E-state index contributed by atoms with van der Waals surface area (Å²) in [6.07, 6.45) is 4.64. The van der Waals surface area contributed by atoms with Crippen molar-refractivity contribution in [3.8, 4) is 5.69 Å². The van der Waals surface area contributed by atoms with Crippen LogP contribution in [-0.2, 0) is 0 Å². The predicted molar refractivity (Wildman–Crippen MR) is 75.5 cm³/mol. The van der Waals surface area contributed by atoms with Crippen molar-refractivity contribution in [3.63, 3.8) is 0 Å². The van der Waals surface area contributed by atoms with Crippen molar-refractivity contribution in [2.45, 2.75) is 13.0 Å². The average Bonchev–Trinajstić information content (AvgIpc) is 3.12. The van der Waals surface area contributed by atoms with Crippen LogP contribution in [0.5, 0.6) is 0 Å². The van der Waals surface area contributed by atoms with Crippen LogP contribution in [0.15, 0.2) is 42.6 Å². The van der Waals surface area contributed by atoms with Gasteiger partial charge in [-0.25, -0.2) is 14.1 Å². The maximum absolute atomic E-state index is 14.1. The summed E-state index contributed by atoms with van der Waals surface area (Å²) < 4.78 is 15.5. The molecule has 1 N–H and O–H groups in total.